The molecule has 2 amide bonds. The van der Waals surface area contributed by atoms with Crippen LogP contribution in [0.5, 0.6) is 0 Å². The Morgan fingerprint density at radius 3 is 2.62 bits per heavy atom. The molecule has 0 aromatic heterocycles. The zero-order valence-corrected chi connectivity index (χ0v) is 13.8. The maximum absolute atomic E-state index is 12.8. The molecule has 5 heteroatoms. The van der Waals surface area contributed by atoms with E-state index in [4.69, 9.17) is 0 Å². The lowest BCUT2D eigenvalue weighted by Crippen LogP contribution is -2.64. The van der Waals surface area contributed by atoms with Gasteiger partial charge in [-0.1, -0.05) is 28.9 Å². The maximum Gasteiger partial charge on any atom is 0.250 e. The summed E-state index contributed by atoms with van der Waals surface area (Å²) in [6, 6.07) is 5.06. The topological polar surface area (TPSA) is 49.4 Å². The van der Waals surface area contributed by atoms with Crippen LogP contribution in [0.1, 0.15) is 31.7 Å². The van der Waals surface area contributed by atoms with Crippen LogP contribution in [-0.2, 0) is 9.59 Å². The third-order valence-electron chi connectivity index (χ3n) is 4.33. The van der Waals surface area contributed by atoms with Gasteiger partial charge in [-0.3, -0.25) is 14.5 Å². The van der Waals surface area contributed by atoms with Crippen molar-refractivity contribution in [3.63, 3.8) is 0 Å². The van der Waals surface area contributed by atoms with E-state index in [2.05, 4.69) is 21.2 Å². The number of anilines is 1. The Bertz CT molecular complexity index is 598. The standard InChI is InChI=1S/C16H19BrN2O2/c1-3-13-15(20)18-14(10-5-6-10)16(21)19(13)11-7-4-9(2)12(17)8-11/h4,7-8,10,13-14H,3,5-6H2,1-2H3,(H,18,20). The van der Waals surface area contributed by atoms with Gasteiger partial charge in [0, 0.05) is 10.2 Å². The smallest absolute Gasteiger partial charge is 0.250 e. The number of carbonyl (C=O) groups excluding carboxylic acids is 2. The minimum Gasteiger partial charge on any atom is -0.342 e. The Morgan fingerprint density at radius 1 is 1.33 bits per heavy atom. The van der Waals surface area contributed by atoms with E-state index in [9.17, 15) is 9.59 Å². The molecule has 2 atom stereocenters. The number of rotatable bonds is 3. The Morgan fingerprint density at radius 2 is 2.05 bits per heavy atom. The van der Waals surface area contributed by atoms with E-state index in [1.807, 2.05) is 32.0 Å². The molecule has 1 heterocycles. The highest BCUT2D eigenvalue weighted by Crippen LogP contribution is 2.37. The molecule has 2 fully saturated rings. The minimum atomic E-state index is -0.415. The first kappa shape index (κ1) is 14.6. The molecule has 21 heavy (non-hydrogen) atoms. The van der Waals surface area contributed by atoms with Gasteiger partial charge in [0.25, 0.3) is 5.91 Å². The van der Waals surface area contributed by atoms with Crippen molar-refractivity contribution in [1.82, 2.24) is 5.32 Å². The first-order chi connectivity index (χ1) is 10.0. The van der Waals surface area contributed by atoms with Gasteiger partial charge in [0.2, 0.25) is 5.91 Å². The number of hydrogen-bond acceptors (Lipinski definition) is 2. The first-order valence-corrected chi connectivity index (χ1v) is 8.21. The van der Waals surface area contributed by atoms with Crippen LogP contribution in [0.4, 0.5) is 5.69 Å². The fraction of sp³-hybridized carbons (Fsp3) is 0.500. The Labute approximate surface area is 133 Å². The molecule has 1 saturated heterocycles. The number of aryl methyl sites for hydroxylation is 1. The van der Waals surface area contributed by atoms with Gasteiger partial charge in [0.15, 0.2) is 0 Å². The van der Waals surface area contributed by atoms with Crippen LogP contribution in [0.2, 0.25) is 0 Å². The van der Waals surface area contributed by atoms with E-state index in [-0.39, 0.29) is 17.9 Å². The van der Waals surface area contributed by atoms with Crippen molar-refractivity contribution in [3.8, 4) is 0 Å². The average Bonchev–Trinajstić information content (AvgIpc) is 3.28. The van der Waals surface area contributed by atoms with Crippen molar-refractivity contribution in [2.24, 2.45) is 5.92 Å². The lowest BCUT2D eigenvalue weighted by atomic mass is 10.0. The zero-order chi connectivity index (χ0) is 15.1. The number of piperazine rings is 1. The molecule has 0 spiro atoms. The lowest BCUT2D eigenvalue weighted by Gasteiger charge is -2.39. The summed E-state index contributed by atoms with van der Waals surface area (Å²) in [5, 5.41) is 2.91. The highest BCUT2D eigenvalue weighted by Gasteiger charge is 2.46. The van der Waals surface area contributed by atoms with Gasteiger partial charge in [0.05, 0.1) is 0 Å². The molecule has 112 valence electrons. The Kier molecular flexibility index (Phi) is 3.78. The van der Waals surface area contributed by atoms with Crippen LogP contribution in [0.15, 0.2) is 22.7 Å². The molecule has 2 unspecified atom stereocenters. The second-order valence-corrected chi connectivity index (χ2v) is 6.74. The predicted octanol–water partition coefficient (Wildman–Crippen LogP) is 2.78. The second-order valence-electron chi connectivity index (χ2n) is 5.89. The summed E-state index contributed by atoms with van der Waals surface area (Å²) in [5.41, 5.74) is 1.91. The van der Waals surface area contributed by atoms with Crippen molar-refractivity contribution < 1.29 is 9.59 Å². The molecule has 1 N–H and O–H groups in total. The molecule has 1 aliphatic heterocycles. The highest BCUT2D eigenvalue weighted by molar-refractivity contribution is 9.10. The SMILES string of the molecule is CCC1C(=O)NC(C2CC2)C(=O)N1c1ccc(C)c(Br)c1. The molecule has 1 aromatic carbocycles. The number of carbonyl (C=O) groups is 2. The van der Waals surface area contributed by atoms with Gasteiger partial charge in [0.1, 0.15) is 12.1 Å². The molecule has 1 aliphatic carbocycles. The van der Waals surface area contributed by atoms with Gasteiger partial charge in [-0.25, -0.2) is 0 Å². The van der Waals surface area contributed by atoms with Crippen LogP contribution in [0, 0.1) is 12.8 Å². The highest BCUT2D eigenvalue weighted by atomic mass is 79.9. The van der Waals surface area contributed by atoms with Crippen LogP contribution in [0.25, 0.3) is 0 Å². The third-order valence-corrected chi connectivity index (χ3v) is 5.18. The zero-order valence-electron chi connectivity index (χ0n) is 12.2. The van der Waals surface area contributed by atoms with Crippen molar-refractivity contribution in [3.05, 3.63) is 28.2 Å². The molecular weight excluding hydrogens is 332 g/mol. The number of halogens is 1. The van der Waals surface area contributed by atoms with Gasteiger partial charge in [-0.15, -0.1) is 0 Å². The average molecular weight is 351 g/mol. The summed E-state index contributed by atoms with van der Waals surface area (Å²) >= 11 is 3.51. The van der Waals surface area contributed by atoms with Gasteiger partial charge >= 0.3 is 0 Å². The largest absolute Gasteiger partial charge is 0.342 e. The summed E-state index contributed by atoms with van der Waals surface area (Å²) in [4.78, 5) is 26.8. The number of hydrogen-bond donors (Lipinski definition) is 1. The first-order valence-electron chi connectivity index (χ1n) is 7.42. The Balaban J connectivity index is 1.99. The summed E-state index contributed by atoms with van der Waals surface area (Å²) in [7, 11) is 0. The number of nitrogens with one attached hydrogen (secondary N) is 1. The van der Waals surface area contributed by atoms with Crippen LogP contribution < -0.4 is 10.2 Å². The number of amides is 2. The molecule has 3 rings (SSSR count). The lowest BCUT2D eigenvalue weighted by molar-refractivity contribution is -0.134. The van der Waals surface area contributed by atoms with Crippen molar-refractivity contribution >= 4 is 33.4 Å². The van der Waals surface area contributed by atoms with Gasteiger partial charge in [-0.05, 0) is 49.8 Å². The predicted molar refractivity (Wildman–Crippen MR) is 85.1 cm³/mol. The van der Waals surface area contributed by atoms with E-state index in [1.165, 1.54) is 0 Å². The molecular formula is C16H19BrN2O2. The summed E-state index contributed by atoms with van der Waals surface area (Å²) in [6.45, 7) is 3.94. The van der Waals surface area contributed by atoms with Crippen LogP contribution in [0.3, 0.4) is 0 Å². The molecule has 1 aromatic rings. The van der Waals surface area contributed by atoms with E-state index in [1.54, 1.807) is 4.90 Å². The summed E-state index contributed by atoms with van der Waals surface area (Å²) in [5.74, 6) is 0.307. The number of benzene rings is 1. The molecule has 0 bridgehead atoms. The monoisotopic (exact) mass is 350 g/mol. The minimum absolute atomic E-state index is 0.0275. The fourth-order valence-corrected chi connectivity index (χ4v) is 3.25. The molecule has 1 saturated carbocycles. The maximum atomic E-state index is 12.8. The summed E-state index contributed by atoms with van der Waals surface area (Å²) < 4.78 is 0.955. The normalized spacial score (nSPS) is 26.0. The Hall–Kier alpha value is -1.36. The van der Waals surface area contributed by atoms with Crippen molar-refractivity contribution in [2.45, 2.75) is 45.2 Å². The quantitative estimate of drug-likeness (QED) is 0.911. The van der Waals surface area contributed by atoms with Crippen LogP contribution in [-0.4, -0.2) is 23.9 Å². The molecule has 2 aliphatic rings. The van der Waals surface area contributed by atoms with Gasteiger partial charge in [-0.2, -0.15) is 0 Å². The molecule has 0 radical (unpaired) electrons. The van der Waals surface area contributed by atoms with Gasteiger partial charge < -0.3 is 5.32 Å². The van der Waals surface area contributed by atoms with Crippen LogP contribution >= 0.6 is 15.9 Å². The van der Waals surface area contributed by atoms with E-state index in [0.29, 0.717) is 12.3 Å². The van der Waals surface area contributed by atoms with E-state index < -0.39 is 6.04 Å². The van der Waals surface area contributed by atoms with E-state index >= 15 is 0 Å². The van der Waals surface area contributed by atoms with Crippen molar-refractivity contribution in [1.29, 1.82) is 0 Å². The third kappa shape index (κ3) is 2.59. The fourth-order valence-electron chi connectivity index (χ4n) is 2.89. The van der Waals surface area contributed by atoms with E-state index in [0.717, 1.165) is 28.6 Å². The molecule has 4 nitrogen and oxygen atoms in total. The summed E-state index contributed by atoms with van der Waals surface area (Å²) in [6.07, 6.45) is 2.66. The van der Waals surface area contributed by atoms with Crippen molar-refractivity contribution in [2.75, 3.05) is 4.90 Å². The number of nitrogens with zero attached hydrogens (tertiary/aromatic N) is 1. The second kappa shape index (κ2) is 5.44.